The number of pyridine rings is 1. The number of hydrogen-bond donors (Lipinski definition) is 1. The topological polar surface area (TPSA) is 141 Å². The Morgan fingerprint density at radius 2 is 1.87 bits per heavy atom. The van der Waals surface area contributed by atoms with Crippen molar-refractivity contribution in [3.05, 3.63) is 65.9 Å². The van der Waals surface area contributed by atoms with Gasteiger partial charge in [-0.15, -0.1) is 0 Å². The molecule has 1 aromatic heterocycles. The number of aromatic nitrogens is 1. The third-order valence-electron chi connectivity index (χ3n) is 6.25. The Morgan fingerprint density at radius 1 is 1.10 bits per heavy atom. The van der Waals surface area contributed by atoms with E-state index in [9.17, 15) is 21.6 Å². The molecule has 206 valence electrons. The van der Waals surface area contributed by atoms with Crippen LogP contribution in [-0.4, -0.2) is 59.5 Å². The van der Waals surface area contributed by atoms with Gasteiger partial charge in [0, 0.05) is 34.7 Å². The minimum absolute atomic E-state index is 0.0593. The largest absolute Gasteiger partial charge is 0.488 e. The van der Waals surface area contributed by atoms with Crippen molar-refractivity contribution in [1.82, 2.24) is 9.71 Å². The summed E-state index contributed by atoms with van der Waals surface area (Å²) in [5, 5.41) is 0. The quantitative estimate of drug-likeness (QED) is 0.382. The average molecular weight is 574 g/mol. The minimum Gasteiger partial charge on any atom is -0.488 e. The van der Waals surface area contributed by atoms with Crippen molar-refractivity contribution in [2.45, 2.75) is 19.4 Å². The van der Waals surface area contributed by atoms with E-state index in [1.165, 1.54) is 6.26 Å². The number of rotatable bonds is 9. The first-order valence-electron chi connectivity index (χ1n) is 12.1. The Bertz CT molecular complexity index is 1620. The molecule has 11 nitrogen and oxygen atoms in total. The molecule has 0 unspecified atom stereocenters. The minimum atomic E-state index is -3.88. The third-order valence-corrected chi connectivity index (χ3v) is 8.69. The Balaban J connectivity index is 1.29. The van der Waals surface area contributed by atoms with Crippen LogP contribution in [0.2, 0.25) is 0 Å². The van der Waals surface area contributed by atoms with Gasteiger partial charge in [-0.25, -0.2) is 22.4 Å². The molecule has 2 aliphatic rings. The van der Waals surface area contributed by atoms with Crippen LogP contribution in [0.25, 0.3) is 11.1 Å². The zero-order chi connectivity index (χ0) is 27.8. The number of benzene rings is 2. The summed E-state index contributed by atoms with van der Waals surface area (Å²) in [5.41, 5.74) is 3.69. The molecule has 1 saturated heterocycles. The number of carbonyl (C=O) groups is 1. The number of sulfone groups is 1. The van der Waals surface area contributed by atoms with Gasteiger partial charge in [0.05, 0.1) is 18.0 Å². The van der Waals surface area contributed by atoms with E-state index in [4.69, 9.17) is 14.2 Å². The van der Waals surface area contributed by atoms with Crippen LogP contribution in [0, 0.1) is 6.92 Å². The van der Waals surface area contributed by atoms with Crippen LogP contribution < -0.4 is 23.2 Å². The van der Waals surface area contributed by atoms with Gasteiger partial charge in [0.1, 0.15) is 34.5 Å². The highest BCUT2D eigenvalue weighted by molar-refractivity contribution is 7.92. The lowest BCUT2D eigenvalue weighted by Crippen LogP contribution is -2.29. The number of fused-ring (bicyclic) bond motifs is 1. The van der Waals surface area contributed by atoms with Crippen LogP contribution in [0.3, 0.4) is 0 Å². The number of carbonyl (C=O) groups excluding carboxylic acids is 1. The Morgan fingerprint density at radius 3 is 2.54 bits per heavy atom. The highest BCUT2D eigenvalue weighted by Crippen LogP contribution is 2.43. The molecular formula is C26H27N3O8S2. The molecule has 3 aromatic rings. The van der Waals surface area contributed by atoms with Gasteiger partial charge in [0.2, 0.25) is 5.88 Å². The molecule has 1 N–H and O–H groups in total. The van der Waals surface area contributed by atoms with Gasteiger partial charge in [-0.05, 0) is 43.7 Å². The molecule has 39 heavy (non-hydrogen) atoms. The molecule has 3 heterocycles. The standard InChI is InChI=1S/C26H27N3O8S2/c1-17-20(11-12-25(27-17)35-13-4-14-38(2,31)32)21-5-3-6-22-23(16-36-26(21)22)37-19-9-7-18(8-10-19)29-15-24(30)28-39(29,33)34/h3,5-12,23H,4,13-16H2,1-2H3,(H,28,30)/t23-/m1/s1. The van der Waals surface area contributed by atoms with Crippen molar-refractivity contribution in [2.24, 2.45) is 0 Å². The second-order valence-corrected chi connectivity index (χ2v) is 13.1. The van der Waals surface area contributed by atoms with Gasteiger partial charge in [0.15, 0.2) is 6.10 Å². The summed E-state index contributed by atoms with van der Waals surface area (Å²) in [5.74, 6) is 1.12. The fourth-order valence-electron chi connectivity index (χ4n) is 4.46. The predicted octanol–water partition coefficient (Wildman–Crippen LogP) is 2.56. The van der Waals surface area contributed by atoms with Crippen LogP contribution in [0.15, 0.2) is 54.6 Å². The maximum atomic E-state index is 12.1. The van der Waals surface area contributed by atoms with E-state index in [0.29, 0.717) is 36.1 Å². The van der Waals surface area contributed by atoms with E-state index in [-0.39, 0.29) is 25.0 Å². The number of amides is 1. The first-order valence-corrected chi connectivity index (χ1v) is 15.6. The number of hydrogen-bond acceptors (Lipinski definition) is 9. The number of anilines is 1. The van der Waals surface area contributed by atoms with E-state index < -0.39 is 26.0 Å². The van der Waals surface area contributed by atoms with Crippen molar-refractivity contribution in [1.29, 1.82) is 0 Å². The summed E-state index contributed by atoms with van der Waals surface area (Å²) in [6.45, 7) is 2.15. The molecule has 5 rings (SSSR count). The lowest BCUT2D eigenvalue weighted by atomic mass is 9.99. The Hall–Kier alpha value is -3.84. The lowest BCUT2D eigenvalue weighted by Gasteiger charge is -2.17. The Labute approximate surface area is 226 Å². The number of aryl methyl sites for hydroxylation is 1. The van der Waals surface area contributed by atoms with Crippen LogP contribution >= 0.6 is 0 Å². The van der Waals surface area contributed by atoms with E-state index in [2.05, 4.69) is 4.98 Å². The molecule has 13 heteroatoms. The van der Waals surface area contributed by atoms with E-state index >= 15 is 0 Å². The van der Waals surface area contributed by atoms with Crippen LogP contribution in [0.4, 0.5) is 5.69 Å². The van der Waals surface area contributed by atoms with Gasteiger partial charge in [-0.3, -0.25) is 4.79 Å². The first kappa shape index (κ1) is 26.8. The normalized spacial score (nSPS) is 17.8. The molecule has 0 radical (unpaired) electrons. The summed E-state index contributed by atoms with van der Waals surface area (Å²) >= 11 is 0. The molecule has 0 aliphatic carbocycles. The second-order valence-electron chi connectivity index (χ2n) is 9.29. The zero-order valence-electron chi connectivity index (χ0n) is 21.3. The van der Waals surface area contributed by atoms with Gasteiger partial charge < -0.3 is 14.2 Å². The van der Waals surface area contributed by atoms with Gasteiger partial charge in [-0.1, -0.05) is 18.2 Å². The smallest absolute Gasteiger partial charge is 0.326 e. The fourth-order valence-corrected chi connectivity index (χ4v) is 6.25. The van der Waals surface area contributed by atoms with Crippen molar-refractivity contribution in [3.8, 4) is 28.5 Å². The highest BCUT2D eigenvalue weighted by Gasteiger charge is 2.34. The number of nitrogens with zero attached hydrogens (tertiary/aromatic N) is 2. The molecular weight excluding hydrogens is 546 g/mol. The zero-order valence-corrected chi connectivity index (χ0v) is 22.9. The van der Waals surface area contributed by atoms with Crippen molar-refractivity contribution < 1.29 is 35.8 Å². The van der Waals surface area contributed by atoms with E-state index in [1.807, 2.05) is 35.9 Å². The van der Waals surface area contributed by atoms with E-state index in [0.717, 1.165) is 26.7 Å². The Kier molecular flexibility index (Phi) is 7.12. The second kappa shape index (κ2) is 10.4. The van der Waals surface area contributed by atoms with Crippen LogP contribution in [-0.2, 0) is 24.8 Å². The van der Waals surface area contributed by atoms with Crippen molar-refractivity contribution in [2.75, 3.05) is 36.1 Å². The number of para-hydroxylation sites is 1. The predicted molar refractivity (Wildman–Crippen MR) is 144 cm³/mol. The summed E-state index contributed by atoms with van der Waals surface area (Å²) in [6.07, 6.45) is 1.21. The highest BCUT2D eigenvalue weighted by atomic mass is 32.2. The van der Waals surface area contributed by atoms with Crippen molar-refractivity contribution >= 4 is 31.6 Å². The summed E-state index contributed by atoms with van der Waals surface area (Å²) in [6, 6.07) is 15.9. The molecule has 1 atom stereocenters. The molecule has 1 amide bonds. The van der Waals surface area contributed by atoms with Gasteiger partial charge in [0.25, 0.3) is 5.91 Å². The summed E-state index contributed by atoms with van der Waals surface area (Å²) in [7, 11) is -6.91. The lowest BCUT2D eigenvalue weighted by molar-refractivity contribution is -0.117. The molecule has 0 saturated carbocycles. The molecule has 1 fully saturated rings. The molecule has 0 bridgehead atoms. The third kappa shape index (κ3) is 5.93. The molecule has 0 spiro atoms. The number of nitrogens with one attached hydrogen (secondary N) is 1. The van der Waals surface area contributed by atoms with Crippen molar-refractivity contribution in [3.63, 3.8) is 0 Å². The average Bonchev–Trinajstić information content (AvgIpc) is 3.40. The molecule has 2 aliphatic heterocycles. The van der Waals surface area contributed by atoms with Crippen LogP contribution in [0.5, 0.6) is 17.4 Å². The molecule has 2 aromatic carbocycles. The number of ether oxygens (including phenoxy) is 3. The monoisotopic (exact) mass is 573 g/mol. The first-order chi connectivity index (χ1) is 18.5. The maximum absolute atomic E-state index is 12.1. The SMILES string of the molecule is Cc1nc(OCCCS(C)(=O)=O)ccc1-c1cccc2c1OC[C@H]2Oc1ccc(N2CC(=O)NS2(=O)=O)cc1. The summed E-state index contributed by atoms with van der Waals surface area (Å²) in [4.78, 5) is 16.0. The fraction of sp³-hybridized carbons (Fsp3) is 0.308. The van der Waals surface area contributed by atoms with Crippen LogP contribution in [0.1, 0.15) is 23.8 Å². The van der Waals surface area contributed by atoms with E-state index in [1.54, 1.807) is 30.3 Å². The van der Waals surface area contributed by atoms with Gasteiger partial charge in [-0.2, -0.15) is 8.42 Å². The maximum Gasteiger partial charge on any atom is 0.326 e. The summed E-state index contributed by atoms with van der Waals surface area (Å²) < 4.78 is 67.5. The van der Waals surface area contributed by atoms with Gasteiger partial charge >= 0.3 is 10.2 Å².